The van der Waals surface area contributed by atoms with Crippen LogP contribution in [0.25, 0.3) is 0 Å². The fourth-order valence-electron chi connectivity index (χ4n) is 3.28. The molecule has 0 N–H and O–H groups in total. The van der Waals surface area contributed by atoms with Gasteiger partial charge in [-0.05, 0) is 36.5 Å². The van der Waals surface area contributed by atoms with Crippen LogP contribution < -0.4 is 0 Å². The summed E-state index contributed by atoms with van der Waals surface area (Å²) in [6, 6.07) is 0. The van der Waals surface area contributed by atoms with Crippen molar-refractivity contribution in [1.29, 1.82) is 0 Å². The number of hydrogen-bond donors (Lipinski definition) is 0. The molecule has 0 aliphatic heterocycles. The molecular formula is C10H18. The lowest BCUT2D eigenvalue weighted by Gasteiger charge is -2.47. The molecular weight excluding hydrogens is 120 g/mol. The molecule has 0 saturated heterocycles. The Kier molecular flexibility index (Phi) is 1.19. The standard InChI is InChI=1S/C10H18/c1-3-9-5-6-10(4-2,7-9)8-9/h3-8H2,1-2H3. The predicted molar refractivity (Wildman–Crippen MR) is 43.9 cm³/mol. The van der Waals surface area contributed by atoms with Crippen molar-refractivity contribution in [3.63, 3.8) is 0 Å². The van der Waals surface area contributed by atoms with Crippen LogP contribution in [0.1, 0.15) is 52.4 Å². The van der Waals surface area contributed by atoms with Gasteiger partial charge in [0.15, 0.2) is 0 Å². The second-order valence-corrected chi connectivity index (χ2v) is 4.56. The highest BCUT2D eigenvalue weighted by molar-refractivity contribution is 5.08. The summed E-state index contributed by atoms with van der Waals surface area (Å²) in [7, 11) is 0. The van der Waals surface area contributed by atoms with Gasteiger partial charge in [0, 0.05) is 0 Å². The zero-order valence-electron chi connectivity index (χ0n) is 7.24. The molecule has 3 rings (SSSR count). The topological polar surface area (TPSA) is 0 Å². The van der Waals surface area contributed by atoms with Crippen LogP contribution in [0.15, 0.2) is 0 Å². The maximum Gasteiger partial charge on any atom is -0.0289 e. The first-order valence-electron chi connectivity index (χ1n) is 4.74. The smallest absolute Gasteiger partial charge is 0.0289 e. The Hall–Kier alpha value is 0. The van der Waals surface area contributed by atoms with Crippen molar-refractivity contribution in [2.24, 2.45) is 10.8 Å². The predicted octanol–water partition coefficient (Wildman–Crippen LogP) is 3.37. The third kappa shape index (κ3) is 0.627. The Labute approximate surface area is 64.0 Å². The second-order valence-electron chi connectivity index (χ2n) is 4.56. The van der Waals surface area contributed by atoms with E-state index < -0.39 is 0 Å². The van der Waals surface area contributed by atoms with Gasteiger partial charge in [0.25, 0.3) is 0 Å². The van der Waals surface area contributed by atoms with Crippen molar-refractivity contribution < 1.29 is 0 Å². The maximum atomic E-state index is 2.37. The van der Waals surface area contributed by atoms with Gasteiger partial charge in [0.05, 0.1) is 0 Å². The van der Waals surface area contributed by atoms with Gasteiger partial charge in [-0.3, -0.25) is 0 Å². The molecule has 3 fully saturated rings. The lowest BCUT2D eigenvalue weighted by atomic mass is 9.58. The Morgan fingerprint density at radius 1 is 0.900 bits per heavy atom. The molecule has 0 unspecified atom stereocenters. The first-order chi connectivity index (χ1) is 4.74. The largest absolute Gasteiger partial charge is 0.0649 e. The molecule has 2 bridgehead atoms. The van der Waals surface area contributed by atoms with Gasteiger partial charge in [0.1, 0.15) is 0 Å². The Balaban J connectivity index is 2.06. The second kappa shape index (κ2) is 1.78. The van der Waals surface area contributed by atoms with Crippen LogP contribution in [0.2, 0.25) is 0 Å². The van der Waals surface area contributed by atoms with Gasteiger partial charge >= 0.3 is 0 Å². The molecule has 0 aromatic carbocycles. The molecule has 3 aliphatic rings. The van der Waals surface area contributed by atoms with Crippen LogP contribution in [-0.4, -0.2) is 0 Å². The van der Waals surface area contributed by atoms with Crippen LogP contribution in [0, 0.1) is 10.8 Å². The third-order valence-corrected chi connectivity index (χ3v) is 4.19. The van der Waals surface area contributed by atoms with Crippen molar-refractivity contribution >= 4 is 0 Å². The lowest BCUT2D eigenvalue weighted by molar-refractivity contribution is 0.0386. The molecule has 10 heavy (non-hydrogen) atoms. The zero-order chi connectivity index (χ0) is 7.24. The van der Waals surface area contributed by atoms with Crippen LogP contribution in [0.5, 0.6) is 0 Å². The van der Waals surface area contributed by atoms with E-state index in [0.29, 0.717) is 0 Å². The minimum Gasteiger partial charge on any atom is -0.0649 e. The minimum absolute atomic E-state index is 0.843. The first-order valence-corrected chi connectivity index (χ1v) is 4.74. The maximum absolute atomic E-state index is 2.37. The van der Waals surface area contributed by atoms with Gasteiger partial charge in [-0.15, -0.1) is 0 Å². The molecule has 0 heterocycles. The normalized spacial score (nSPS) is 51.0. The van der Waals surface area contributed by atoms with E-state index in [2.05, 4.69) is 13.8 Å². The monoisotopic (exact) mass is 138 g/mol. The molecule has 0 aromatic rings. The molecule has 0 nitrogen and oxygen atoms in total. The molecule has 0 aromatic heterocycles. The van der Waals surface area contributed by atoms with Crippen molar-refractivity contribution in [2.45, 2.75) is 52.4 Å². The van der Waals surface area contributed by atoms with Crippen molar-refractivity contribution in [2.75, 3.05) is 0 Å². The lowest BCUT2D eigenvalue weighted by Crippen LogP contribution is -2.36. The van der Waals surface area contributed by atoms with E-state index in [1.807, 2.05) is 0 Å². The Morgan fingerprint density at radius 2 is 1.30 bits per heavy atom. The molecule has 0 atom stereocenters. The van der Waals surface area contributed by atoms with Gasteiger partial charge in [-0.2, -0.15) is 0 Å². The van der Waals surface area contributed by atoms with E-state index in [0.717, 1.165) is 10.8 Å². The molecule has 3 aliphatic carbocycles. The fourth-order valence-corrected chi connectivity index (χ4v) is 3.28. The van der Waals surface area contributed by atoms with Crippen LogP contribution in [0.4, 0.5) is 0 Å². The van der Waals surface area contributed by atoms with Crippen LogP contribution >= 0.6 is 0 Å². The van der Waals surface area contributed by atoms with Crippen molar-refractivity contribution in [1.82, 2.24) is 0 Å². The summed E-state index contributed by atoms with van der Waals surface area (Å²) in [5.74, 6) is 0. The summed E-state index contributed by atoms with van der Waals surface area (Å²) in [6.45, 7) is 4.73. The highest BCUT2D eigenvalue weighted by Crippen LogP contribution is 2.69. The van der Waals surface area contributed by atoms with Crippen LogP contribution in [-0.2, 0) is 0 Å². The minimum atomic E-state index is 0.843. The number of rotatable bonds is 2. The Morgan fingerprint density at radius 3 is 1.50 bits per heavy atom. The number of fused-ring (bicyclic) bond motifs is 1. The first kappa shape index (κ1) is 6.69. The zero-order valence-corrected chi connectivity index (χ0v) is 7.24. The van der Waals surface area contributed by atoms with E-state index in [9.17, 15) is 0 Å². The molecule has 58 valence electrons. The highest BCUT2D eigenvalue weighted by Gasteiger charge is 2.57. The van der Waals surface area contributed by atoms with Crippen molar-refractivity contribution in [3.05, 3.63) is 0 Å². The third-order valence-electron chi connectivity index (χ3n) is 4.19. The summed E-state index contributed by atoms with van der Waals surface area (Å²) >= 11 is 0. The summed E-state index contributed by atoms with van der Waals surface area (Å²) < 4.78 is 0. The van der Waals surface area contributed by atoms with Gasteiger partial charge in [-0.25, -0.2) is 0 Å². The van der Waals surface area contributed by atoms with Crippen molar-refractivity contribution in [3.8, 4) is 0 Å². The summed E-state index contributed by atoms with van der Waals surface area (Å²) in [4.78, 5) is 0. The van der Waals surface area contributed by atoms with E-state index in [-0.39, 0.29) is 0 Å². The molecule has 0 amide bonds. The average molecular weight is 138 g/mol. The van der Waals surface area contributed by atoms with E-state index in [1.165, 1.54) is 25.7 Å². The van der Waals surface area contributed by atoms with E-state index in [1.54, 1.807) is 12.8 Å². The molecule has 3 saturated carbocycles. The molecule has 0 radical (unpaired) electrons. The molecule has 0 heteroatoms. The van der Waals surface area contributed by atoms with E-state index >= 15 is 0 Å². The fraction of sp³-hybridized carbons (Fsp3) is 1.00. The summed E-state index contributed by atoms with van der Waals surface area (Å²) in [6.07, 6.45) is 9.08. The average Bonchev–Trinajstić information content (AvgIpc) is 2.40. The summed E-state index contributed by atoms with van der Waals surface area (Å²) in [5.41, 5.74) is 1.69. The van der Waals surface area contributed by atoms with Gasteiger partial charge < -0.3 is 0 Å². The van der Waals surface area contributed by atoms with Gasteiger partial charge in [0.2, 0.25) is 0 Å². The molecule has 0 spiro atoms. The number of hydrogen-bond acceptors (Lipinski definition) is 0. The van der Waals surface area contributed by atoms with Gasteiger partial charge in [-0.1, -0.05) is 26.7 Å². The Bertz CT molecular complexity index is 124. The SMILES string of the molecule is CCC12CCC(CC)(C1)C2. The van der Waals surface area contributed by atoms with Crippen LogP contribution in [0.3, 0.4) is 0 Å². The highest BCUT2D eigenvalue weighted by atomic mass is 14.6. The quantitative estimate of drug-likeness (QED) is 0.549. The summed E-state index contributed by atoms with van der Waals surface area (Å²) in [5, 5.41) is 0. The van der Waals surface area contributed by atoms with E-state index in [4.69, 9.17) is 0 Å².